The first-order chi connectivity index (χ1) is 7.60. The Hall–Kier alpha value is -0.830. The number of nitrogens with zero attached hydrogens (tertiary/aromatic N) is 1. The Balaban J connectivity index is 2.16. The molecule has 0 spiro atoms. The zero-order valence-electron chi connectivity index (χ0n) is 9.77. The molecule has 1 aromatic rings. The van der Waals surface area contributed by atoms with Crippen molar-refractivity contribution in [2.45, 2.75) is 24.8 Å². The SMILES string of the molecule is CN1c2ccccc2C2CS(=O)CC1(C)C2. The van der Waals surface area contributed by atoms with Crippen LogP contribution in [0.15, 0.2) is 24.3 Å². The van der Waals surface area contributed by atoms with Gasteiger partial charge in [-0.15, -0.1) is 0 Å². The molecular formula is C13H17NOS. The third kappa shape index (κ3) is 1.34. The molecule has 1 saturated heterocycles. The molecule has 86 valence electrons. The van der Waals surface area contributed by atoms with E-state index in [1.54, 1.807) is 0 Å². The van der Waals surface area contributed by atoms with Gasteiger partial charge in [-0.25, -0.2) is 0 Å². The van der Waals surface area contributed by atoms with Gasteiger partial charge in [0.1, 0.15) is 0 Å². The van der Waals surface area contributed by atoms with Crippen molar-refractivity contribution in [3.63, 3.8) is 0 Å². The normalized spacial score (nSPS) is 37.0. The lowest BCUT2D eigenvalue weighted by Crippen LogP contribution is -2.55. The van der Waals surface area contributed by atoms with Gasteiger partial charge in [-0.05, 0) is 30.9 Å². The molecule has 2 nitrogen and oxygen atoms in total. The molecule has 2 aliphatic heterocycles. The van der Waals surface area contributed by atoms with E-state index >= 15 is 0 Å². The van der Waals surface area contributed by atoms with Crippen LogP contribution in [0.25, 0.3) is 0 Å². The number of para-hydroxylation sites is 1. The second-order valence-electron chi connectivity index (χ2n) is 5.27. The fourth-order valence-electron chi connectivity index (χ4n) is 3.14. The molecule has 2 bridgehead atoms. The first-order valence-corrected chi connectivity index (χ1v) is 7.27. The van der Waals surface area contributed by atoms with E-state index in [0.717, 1.165) is 17.9 Å². The minimum absolute atomic E-state index is 0.0854. The molecule has 0 saturated carbocycles. The number of anilines is 1. The van der Waals surface area contributed by atoms with E-state index in [1.165, 1.54) is 11.3 Å². The van der Waals surface area contributed by atoms with E-state index in [1.807, 2.05) is 0 Å². The molecule has 0 aromatic heterocycles. The van der Waals surface area contributed by atoms with Gasteiger partial charge in [-0.1, -0.05) is 18.2 Å². The van der Waals surface area contributed by atoms with Crippen LogP contribution >= 0.6 is 0 Å². The minimum Gasteiger partial charge on any atom is -0.368 e. The van der Waals surface area contributed by atoms with Crippen molar-refractivity contribution >= 4 is 16.5 Å². The monoisotopic (exact) mass is 235 g/mol. The Morgan fingerprint density at radius 3 is 3.00 bits per heavy atom. The molecule has 0 amide bonds. The average molecular weight is 235 g/mol. The molecule has 3 unspecified atom stereocenters. The maximum atomic E-state index is 11.9. The number of hydrogen-bond acceptors (Lipinski definition) is 2. The Bertz CT molecular complexity index is 459. The summed E-state index contributed by atoms with van der Waals surface area (Å²) in [5, 5.41) is 0. The molecule has 2 aliphatic rings. The number of hydrogen-bond donors (Lipinski definition) is 0. The summed E-state index contributed by atoms with van der Waals surface area (Å²) in [6.45, 7) is 2.24. The quantitative estimate of drug-likeness (QED) is 0.686. The topological polar surface area (TPSA) is 20.3 Å². The highest BCUT2D eigenvalue weighted by molar-refractivity contribution is 7.85. The number of benzene rings is 1. The van der Waals surface area contributed by atoms with Gasteiger partial charge >= 0.3 is 0 Å². The Labute approximate surface area is 99.1 Å². The van der Waals surface area contributed by atoms with Gasteiger partial charge < -0.3 is 4.90 Å². The molecule has 0 aliphatic carbocycles. The Kier molecular flexibility index (Phi) is 2.15. The average Bonchev–Trinajstić information content (AvgIpc) is 2.25. The summed E-state index contributed by atoms with van der Waals surface area (Å²) in [5.74, 6) is 2.15. The van der Waals surface area contributed by atoms with Crippen LogP contribution in [0.3, 0.4) is 0 Å². The van der Waals surface area contributed by atoms with E-state index < -0.39 is 10.8 Å². The van der Waals surface area contributed by atoms with E-state index in [4.69, 9.17) is 0 Å². The van der Waals surface area contributed by atoms with Crippen LogP contribution in [0.4, 0.5) is 5.69 Å². The van der Waals surface area contributed by atoms with Crippen LogP contribution in [-0.2, 0) is 10.8 Å². The first-order valence-electron chi connectivity index (χ1n) is 5.78. The molecule has 1 fully saturated rings. The summed E-state index contributed by atoms with van der Waals surface area (Å²) in [6.07, 6.45) is 1.15. The molecule has 3 rings (SSSR count). The third-order valence-corrected chi connectivity index (χ3v) is 5.81. The van der Waals surface area contributed by atoms with Crippen molar-refractivity contribution in [1.29, 1.82) is 0 Å². The number of rotatable bonds is 0. The summed E-state index contributed by atoms with van der Waals surface area (Å²) in [7, 11) is 1.48. The zero-order valence-corrected chi connectivity index (χ0v) is 10.6. The summed E-state index contributed by atoms with van der Waals surface area (Å²) in [5.41, 5.74) is 2.80. The fourth-order valence-corrected chi connectivity index (χ4v) is 5.01. The molecule has 3 atom stereocenters. The lowest BCUT2D eigenvalue weighted by molar-refractivity contribution is 0.386. The van der Waals surface area contributed by atoms with Gasteiger partial charge in [0.05, 0.1) is 0 Å². The van der Waals surface area contributed by atoms with Gasteiger partial charge in [0.2, 0.25) is 0 Å². The Morgan fingerprint density at radius 2 is 2.19 bits per heavy atom. The lowest BCUT2D eigenvalue weighted by atomic mass is 9.80. The van der Waals surface area contributed by atoms with Crippen molar-refractivity contribution in [2.75, 3.05) is 23.5 Å². The lowest BCUT2D eigenvalue weighted by Gasteiger charge is -2.50. The predicted octanol–water partition coefficient (Wildman–Crippen LogP) is 2.13. The van der Waals surface area contributed by atoms with Crippen LogP contribution in [0.1, 0.15) is 24.8 Å². The molecule has 1 aromatic carbocycles. The van der Waals surface area contributed by atoms with E-state index in [-0.39, 0.29) is 5.54 Å². The third-order valence-electron chi connectivity index (χ3n) is 4.09. The van der Waals surface area contributed by atoms with Crippen molar-refractivity contribution in [3.8, 4) is 0 Å². The molecule has 0 radical (unpaired) electrons. The predicted molar refractivity (Wildman–Crippen MR) is 68.5 cm³/mol. The highest BCUT2D eigenvalue weighted by atomic mass is 32.2. The maximum absolute atomic E-state index is 11.9. The molecule has 0 N–H and O–H groups in total. The number of fused-ring (bicyclic) bond motifs is 4. The maximum Gasteiger partial charge on any atom is 0.0492 e. The molecule has 2 heterocycles. The van der Waals surface area contributed by atoms with Crippen LogP contribution in [0.2, 0.25) is 0 Å². The van der Waals surface area contributed by atoms with Crippen molar-refractivity contribution < 1.29 is 4.21 Å². The first kappa shape index (κ1) is 10.3. The van der Waals surface area contributed by atoms with Gasteiger partial charge in [0.15, 0.2) is 0 Å². The summed E-state index contributed by atoms with van der Waals surface area (Å²) in [6, 6.07) is 8.57. The van der Waals surface area contributed by atoms with Gasteiger partial charge in [0.25, 0.3) is 0 Å². The van der Waals surface area contributed by atoms with Crippen LogP contribution in [0, 0.1) is 0 Å². The van der Waals surface area contributed by atoms with Gasteiger partial charge in [-0.2, -0.15) is 0 Å². The van der Waals surface area contributed by atoms with E-state index in [2.05, 4.69) is 43.1 Å². The largest absolute Gasteiger partial charge is 0.368 e. The van der Waals surface area contributed by atoms with Crippen LogP contribution in [-0.4, -0.2) is 28.3 Å². The molecule has 3 heteroatoms. The van der Waals surface area contributed by atoms with Gasteiger partial charge in [-0.3, -0.25) is 4.21 Å². The molecule has 16 heavy (non-hydrogen) atoms. The Morgan fingerprint density at radius 1 is 1.44 bits per heavy atom. The van der Waals surface area contributed by atoms with Crippen LogP contribution in [0.5, 0.6) is 0 Å². The second kappa shape index (κ2) is 3.33. The standard InChI is InChI=1S/C13H17NOS/c1-13-7-10(8-16(15)9-13)11-5-3-4-6-12(11)14(13)2/h3-6,10H,7-9H2,1-2H3. The highest BCUT2D eigenvalue weighted by Crippen LogP contribution is 2.45. The van der Waals surface area contributed by atoms with Gasteiger partial charge in [0, 0.05) is 40.6 Å². The molecular weight excluding hydrogens is 218 g/mol. The summed E-state index contributed by atoms with van der Waals surface area (Å²) < 4.78 is 11.9. The van der Waals surface area contributed by atoms with Crippen molar-refractivity contribution in [3.05, 3.63) is 29.8 Å². The summed E-state index contributed by atoms with van der Waals surface area (Å²) >= 11 is 0. The smallest absolute Gasteiger partial charge is 0.0492 e. The van der Waals surface area contributed by atoms with Crippen molar-refractivity contribution in [2.24, 2.45) is 0 Å². The second-order valence-corrected chi connectivity index (χ2v) is 6.77. The van der Waals surface area contributed by atoms with Crippen molar-refractivity contribution in [1.82, 2.24) is 0 Å². The highest BCUT2D eigenvalue weighted by Gasteiger charge is 2.44. The van der Waals surface area contributed by atoms with Crippen LogP contribution < -0.4 is 4.90 Å². The summed E-state index contributed by atoms with van der Waals surface area (Å²) in [4.78, 5) is 2.33. The van der Waals surface area contributed by atoms with E-state index in [9.17, 15) is 4.21 Å². The minimum atomic E-state index is -0.658. The van der Waals surface area contributed by atoms with E-state index in [0.29, 0.717) is 5.92 Å². The zero-order chi connectivity index (χ0) is 11.3. The fraction of sp³-hybridized carbons (Fsp3) is 0.538.